The molecule has 0 aliphatic rings. The molecule has 110 valence electrons. The van der Waals surface area contributed by atoms with Gasteiger partial charge in [-0.05, 0) is 42.8 Å². The molecule has 0 saturated carbocycles. The van der Waals surface area contributed by atoms with Crippen LogP contribution in [0.3, 0.4) is 0 Å². The molecule has 0 spiro atoms. The van der Waals surface area contributed by atoms with E-state index in [1.165, 1.54) is 19.2 Å². The smallest absolute Gasteiger partial charge is 0.312 e. The van der Waals surface area contributed by atoms with Crippen LogP contribution in [0.2, 0.25) is 10.2 Å². The first-order chi connectivity index (χ1) is 9.92. The van der Waals surface area contributed by atoms with Crippen LogP contribution < -0.4 is 0 Å². The molecule has 1 aromatic carbocycles. The number of aromatic nitrogens is 1. The van der Waals surface area contributed by atoms with Crippen molar-refractivity contribution in [2.45, 2.75) is 12.8 Å². The molecule has 3 nitrogen and oxygen atoms in total. The van der Waals surface area contributed by atoms with E-state index < -0.39 is 11.7 Å². The van der Waals surface area contributed by atoms with Gasteiger partial charge in [-0.1, -0.05) is 23.2 Å². The Morgan fingerprint density at radius 1 is 1.29 bits per heavy atom. The number of hydrogen-bond donors (Lipinski definition) is 0. The largest absolute Gasteiger partial charge is 0.469 e. The highest BCUT2D eigenvalue weighted by atomic mass is 35.5. The number of nitrogens with zero attached hydrogens (tertiary/aromatic N) is 1. The molecule has 21 heavy (non-hydrogen) atoms. The number of esters is 1. The molecule has 0 aliphatic carbocycles. The average Bonchev–Trinajstić information content (AvgIpc) is 2.47. The summed E-state index contributed by atoms with van der Waals surface area (Å²) in [6.45, 7) is 1.71. The van der Waals surface area contributed by atoms with Gasteiger partial charge in [-0.2, -0.15) is 0 Å². The van der Waals surface area contributed by atoms with Crippen LogP contribution in [0.5, 0.6) is 0 Å². The van der Waals surface area contributed by atoms with E-state index in [9.17, 15) is 9.18 Å². The first-order valence-corrected chi connectivity index (χ1v) is 6.88. The van der Waals surface area contributed by atoms with E-state index in [0.717, 1.165) is 0 Å². The Balaban J connectivity index is 2.47. The van der Waals surface area contributed by atoms with E-state index >= 15 is 0 Å². The fraction of sp³-hybridized carbons (Fsp3) is 0.200. The van der Waals surface area contributed by atoms with E-state index in [1.807, 2.05) is 0 Å². The van der Waals surface area contributed by atoms with E-state index in [0.29, 0.717) is 16.8 Å². The lowest BCUT2D eigenvalue weighted by atomic mass is 10.00. The molecule has 1 aromatic heterocycles. The zero-order valence-electron chi connectivity index (χ0n) is 11.4. The minimum Gasteiger partial charge on any atom is -0.469 e. The number of benzene rings is 1. The number of carbonyl (C=O) groups excluding carboxylic acids is 1. The minimum absolute atomic E-state index is 0.00292. The van der Waals surface area contributed by atoms with Gasteiger partial charge in [0.15, 0.2) is 0 Å². The number of halogens is 3. The summed E-state index contributed by atoms with van der Waals surface area (Å²) in [6, 6.07) is 7.56. The summed E-state index contributed by atoms with van der Waals surface area (Å²) in [5.41, 5.74) is 1.79. The van der Waals surface area contributed by atoms with Gasteiger partial charge in [0, 0.05) is 5.56 Å². The third-order valence-corrected chi connectivity index (χ3v) is 3.57. The van der Waals surface area contributed by atoms with Crippen LogP contribution in [0.1, 0.15) is 18.4 Å². The van der Waals surface area contributed by atoms with E-state index in [-0.39, 0.29) is 16.1 Å². The maximum absolute atomic E-state index is 13.2. The predicted octanol–water partition coefficient (Wildman–Crippen LogP) is 4.47. The van der Waals surface area contributed by atoms with Crippen molar-refractivity contribution < 1.29 is 13.9 Å². The third kappa shape index (κ3) is 3.52. The van der Waals surface area contributed by atoms with Crippen LogP contribution in [0, 0.1) is 5.82 Å². The van der Waals surface area contributed by atoms with E-state index in [2.05, 4.69) is 4.98 Å². The number of carbonyl (C=O) groups is 1. The highest BCUT2D eigenvalue weighted by molar-refractivity contribution is 6.31. The average molecular weight is 328 g/mol. The normalized spacial score (nSPS) is 12.0. The molecular weight excluding hydrogens is 316 g/mol. The maximum Gasteiger partial charge on any atom is 0.312 e. The van der Waals surface area contributed by atoms with Crippen LogP contribution in [0.25, 0.3) is 11.3 Å². The first kappa shape index (κ1) is 15.7. The monoisotopic (exact) mass is 327 g/mol. The molecule has 1 atom stereocenters. The zero-order valence-corrected chi connectivity index (χ0v) is 12.9. The van der Waals surface area contributed by atoms with Crippen molar-refractivity contribution >= 4 is 29.2 Å². The molecule has 0 N–H and O–H groups in total. The summed E-state index contributed by atoms with van der Waals surface area (Å²) in [4.78, 5) is 15.8. The SMILES string of the molecule is COC(=O)C(C)c1cc(Cl)nc(-c2ccc(F)c(Cl)c2)c1. The summed E-state index contributed by atoms with van der Waals surface area (Å²) in [5, 5.41) is 0.232. The van der Waals surface area contributed by atoms with Gasteiger partial charge < -0.3 is 4.74 Å². The van der Waals surface area contributed by atoms with E-state index in [4.69, 9.17) is 27.9 Å². The lowest BCUT2D eigenvalue weighted by molar-refractivity contribution is -0.141. The summed E-state index contributed by atoms with van der Waals surface area (Å²) < 4.78 is 17.9. The van der Waals surface area contributed by atoms with Crippen molar-refractivity contribution in [1.29, 1.82) is 0 Å². The van der Waals surface area contributed by atoms with Gasteiger partial charge >= 0.3 is 5.97 Å². The number of rotatable bonds is 3. The number of ether oxygens (including phenoxy) is 1. The van der Waals surface area contributed by atoms with Gasteiger partial charge in [0.2, 0.25) is 0 Å². The Bertz CT molecular complexity index is 691. The lowest BCUT2D eigenvalue weighted by Crippen LogP contribution is -2.11. The van der Waals surface area contributed by atoms with Gasteiger partial charge in [0.1, 0.15) is 11.0 Å². The summed E-state index contributed by atoms with van der Waals surface area (Å²) in [5.74, 6) is -1.36. The van der Waals surface area contributed by atoms with Crippen LogP contribution >= 0.6 is 23.2 Å². The second kappa shape index (κ2) is 6.41. The van der Waals surface area contributed by atoms with Crippen molar-refractivity contribution in [2.75, 3.05) is 7.11 Å². The fourth-order valence-corrected chi connectivity index (χ4v) is 2.28. The molecule has 6 heteroatoms. The molecule has 0 saturated heterocycles. The first-order valence-electron chi connectivity index (χ1n) is 6.13. The second-order valence-electron chi connectivity index (χ2n) is 4.48. The minimum atomic E-state index is -0.509. The number of pyridine rings is 1. The van der Waals surface area contributed by atoms with Crippen molar-refractivity contribution in [3.8, 4) is 11.3 Å². The van der Waals surface area contributed by atoms with Crippen LogP contribution in [-0.4, -0.2) is 18.1 Å². The Morgan fingerprint density at radius 3 is 2.62 bits per heavy atom. The van der Waals surface area contributed by atoms with Crippen molar-refractivity contribution in [3.63, 3.8) is 0 Å². The Morgan fingerprint density at radius 2 is 2.00 bits per heavy atom. The maximum atomic E-state index is 13.2. The van der Waals surface area contributed by atoms with Gasteiger partial charge in [-0.25, -0.2) is 9.37 Å². The molecule has 0 aliphatic heterocycles. The van der Waals surface area contributed by atoms with Crippen LogP contribution in [0.15, 0.2) is 30.3 Å². The zero-order chi connectivity index (χ0) is 15.6. The second-order valence-corrected chi connectivity index (χ2v) is 5.28. The molecule has 0 amide bonds. The van der Waals surface area contributed by atoms with Crippen molar-refractivity contribution in [2.24, 2.45) is 0 Å². The fourth-order valence-electron chi connectivity index (χ4n) is 1.88. The van der Waals surface area contributed by atoms with Gasteiger partial charge in [-0.15, -0.1) is 0 Å². The van der Waals surface area contributed by atoms with Crippen molar-refractivity contribution in [3.05, 3.63) is 51.9 Å². The quantitative estimate of drug-likeness (QED) is 0.616. The molecule has 0 radical (unpaired) electrons. The topological polar surface area (TPSA) is 39.2 Å². The number of hydrogen-bond acceptors (Lipinski definition) is 3. The summed E-state index contributed by atoms with van der Waals surface area (Å²) in [7, 11) is 1.32. The van der Waals surface area contributed by atoms with Crippen molar-refractivity contribution in [1.82, 2.24) is 4.98 Å². The molecule has 2 rings (SSSR count). The predicted molar refractivity (Wildman–Crippen MR) is 80.1 cm³/mol. The highest BCUT2D eigenvalue weighted by Crippen LogP contribution is 2.28. The molecule has 1 heterocycles. The lowest BCUT2D eigenvalue weighted by Gasteiger charge is -2.12. The van der Waals surface area contributed by atoms with Gasteiger partial charge in [0.05, 0.1) is 23.7 Å². The van der Waals surface area contributed by atoms with Crippen LogP contribution in [0.4, 0.5) is 4.39 Å². The molecule has 0 bridgehead atoms. The van der Waals surface area contributed by atoms with E-state index in [1.54, 1.807) is 25.1 Å². The Kier molecular flexibility index (Phi) is 4.80. The molecular formula is C15H12Cl2FNO2. The molecule has 2 aromatic rings. The summed E-state index contributed by atoms with van der Waals surface area (Å²) in [6.07, 6.45) is 0. The third-order valence-electron chi connectivity index (χ3n) is 3.09. The Labute approximate surface area is 131 Å². The highest BCUT2D eigenvalue weighted by Gasteiger charge is 2.18. The van der Waals surface area contributed by atoms with Crippen LogP contribution in [-0.2, 0) is 9.53 Å². The molecule has 1 unspecified atom stereocenters. The summed E-state index contributed by atoms with van der Waals surface area (Å²) >= 11 is 11.8. The van der Waals surface area contributed by atoms with Gasteiger partial charge in [-0.3, -0.25) is 4.79 Å². The standard InChI is InChI=1S/C15H12Cl2FNO2/c1-8(15(20)21-2)10-6-13(19-14(17)7-10)9-3-4-12(18)11(16)5-9/h3-8H,1-2H3. The van der Waals surface area contributed by atoms with Gasteiger partial charge in [0.25, 0.3) is 0 Å². The number of methoxy groups -OCH3 is 1. The Hall–Kier alpha value is -1.65. The molecule has 0 fully saturated rings.